The summed E-state index contributed by atoms with van der Waals surface area (Å²) in [5.41, 5.74) is 4.76. The summed E-state index contributed by atoms with van der Waals surface area (Å²) in [7, 11) is 0. The van der Waals surface area contributed by atoms with Gasteiger partial charge in [-0.1, -0.05) is 41.6 Å². The molecule has 0 saturated carbocycles. The zero-order valence-electron chi connectivity index (χ0n) is 17.8. The average Bonchev–Trinajstić information content (AvgIpc) is 3.32. The summed E-state index contributed by atoms with van der Waals surface area (Å²) in [6, 6.07) is 16.0. The summed E-state index contributed by atoms with van der Waals surface area (Å²) in [4.78, 5) is 12.8. The molecule has 0 aliphatic carbocycles. The second kappa shape index (κ2) is 8.87. The highest BCUT2D eigenvalue weighted by Gasteiger charge is 2.21. The van der Waals surface area contributed by atoms with Crippen molar-refractivity contribution in [3.05, 3.63) is 94.6 Å². The second-order valence-corrected chi connectivity index (χ2v) is 7.54. The van der Waals surface area contributed by atoms with Gasteiger partial charge in [0.05, 0.1) is 24.0 Å². The molecule has 1 N–H and O–H groups in total. The van der Waals surface area contributed by atoms with Crippen LogP contribution in [0.15, 0.2) is 65.4 Å². The number of hydrogen-bond acceptors (Lipinski definition) is 5. The number of ether oxygens (including phenoxy) is 1. The minimum absolute atomic E-state index is 0.189. The van der Waals surface area contributed by atoms with Gasteiger partial charge in [0.1, 0.15) is 18.1 Å². The number of carbonyl (C=O) groups is 1. The van der Waals surface area contributed by atoms with Crippen molar-refractivity contribution in [2.45, 2.75) is 33.9 Å². The molecule has 7 heteroatoms. The molecule has 0 saturated heterocycles. The molecule has 0 unspecified atom stereocenters. The number of benzene rings is 2. The van der Waals surface area contributed by atoms with Gasteiger partial charge in [-0.3, -0.25) is 9.48 Å². The normalized spacial score (nSPS) is 10.8. The molecule has 2 aromatic carbocycles. The van der Waals surface area contributed by atoms with Gasteiger partial charge in [0.15, 0.2) is 5.69 Å². The lowest BCUT2D eigenvalue weighted by Gasteiger charge is -2.08. The molecule has 0 bridgehead atoms. The van der Waals surface area contributed by atoms with E-state index in [0.717, 1.165) is 22.4 Å². The Morgan fingerprint density at radius 1 is 1.10 bits per heavy atom. The molecular weight excluding hydrogens is 392 g/mol. The van der Waals surface area contributed by atoms with Crippen LogP contribution < -0.4 is 10.1 Å². The maximum Gasteiger partial charge on any atom is 0.278 e. The first-order valence-electron chi connectivity index (χ1n) is 10.0. The van der Waals surface area contributed by atoms with E-state index >= 15 is 0 Å². The molecular formula is C24H24N4O3. The van der Waals surface area contributed by atoms with E-state index in [9.17, 15) is 4.79 Å². The van der Waals surface area contributed by atoms with Crippen molar-refractivity contribution in [3.63, 3.8) is 0 Å². The Balaban J connectivity index is 1.43. The fourth-order valence-corrected chi connectivity index (χ4v) is 3.39. The minimum Gasteiger partial charge on any atom is -0.489 e. The van der Waals surface area contributed by atoms with Gasteiger partial charge in [-0.2, -0.15) is 5.10 Å². The van der Waals surface area contributed by atoms with Crippen molar-refractivity contribution in [1.29, 1.82) is 0 Å². The molecule has 0 spiro atoms. The SMILES string of the molecule is Cc1cc(C)cc(OCc2c(C(=O)Nc3cnn(Cc4ccccc4)c3)noc2C)c1. The third kappa shape index (κ3) is 5.01. The summed E-state index contributed by atoms with van der Waals surface area (Å²) in [5.74, 6) is 0.927. The van der Waals surface area contributed by atoms with E-state index in [2.05, 4.69) is 21.6 Å². The smallest absolute Gasteiger partial charge is 0.278 e. The third-order valence-corrected chi connectivity index (χ3v) is 4.86. The Kier molecular flexibility index (Phi) is 5.84. The zero-order valence-corrected chi connectivity index (χ0v) is 17.8. The first-order valence-corrected chi connectivity index (χ1v) is 10.0. The Hall–Kier alpha value is -3.87. The maximum absolute atomic E-state index is 12.8. The topological polar surface area (TPSA) is 82.2 Å². The van der Waals surface area contributed by atoms with Crippen LogP contribution in [-0.4, -0.2) is 20.8 Å². The number of amides is 1. The molecule has 0 aliphatic heterocycles. The average molecular weight is 416 g/mol. The van der Waals surface area contributed by atoms with Gasteiger partial charge in [-0.25, -0.2) is 0 Å². The zero-order chi connectivity index (χ0) is 21.8. The van der Waals surface area contributed by atoms with Crippen molar-refractivity contribution in [2.75, 3.05) is 5.32 Å². The van der Waals surface area contributed by atoms with Crippen LogP contribution in [0, 0.1) is 20.8 Å². The first kappa shape index (κ1) is 20.4. The van der Waals surface area contributed by atoms with Crippen LogP contribution in [0.5, 0.6) is 5.75 Å². The van der Waals surface area contributed by atoms with Crippen LogP contribution in [0.1, 0.15) is 38.5 Å². The van der Waals surface area contributed by atoms with Gasteiger partial charge in [0, 0.05) is 6.20 Å². The number of hydrogen-bond donors (Lipinski definition) is 1. The van der Waals surface area contributed by atoms with Gasteiger partial charge in [0.25, 0.3) is 5.91 Å². The van der Waals surface area contributed by atoms with Gasteiger partial charge >= 0.3 is 0 Å². The van der Waals surface area contributed by atoms with E-state index in [1.807, 2.05) is 56.3 Å². The lowest BCUT2D eigenvalue weighted by molar-refractivity contribution is 0.101. The summed E-state index contributed by atoms with van der Waals surface area (Å²) in [6.45, 7) is 6.60. The summed E-state index contributed by atoms with van der Waals surface area (Å²) >= 11 is 0. The molecule has 7 nitrogen and oxygen atoms in total. The number of anilines is 1. The lowest BCUT2D eigenvalue weighted by atomic mass is 10.1. The van der Waals surface area contributed by atoms with Gasteiger partial charge < -0.3 is 14.6 Å². The van der Waals surface area contributed by atoms with E-state index in [1.54, 1.807) is 24.0 Å². The summed E-state index contributed by atoms with van der Waals surface area (Å²) in [5, 5.41) is 11.1. The monoisotopic (exact) mass is 416 g/mol. The molecule has 31 heavy (non-hydrogen) atoms. The van der Waals surface area contributed by atoms with E-state index in [-0.39, 0.29) is 18.2 Å². The Bertz CT molecular complexity index is 1170. The van der Waals surface area contributed by atoms with Gasteiger partial charge in [-0.05, 0) is 49.6 Å². The number of nitrogens with zero attached hydrogens (tertiary/aromatic N) is 3. The number of carbonyl (C=O) groups excluding carboxylic acids is 1. The standard InChI is InChI=1S/C24H24N4O3/c1-16-9-17(2)11-21(10-16)30-15-22-18(3)31-27-23(22)24(29)26-20-12-25-28(14-20)13-19-7-5-4-6-8-19/h4-12,14H,13,15H2,1-3H3,(H,26,29). The van der Waals surface area contributed by atoms with Crippen LogP contribution in [0.3, 0.4) is 0 Å². The Morgan fingerprint density at radius 2 is 1.84 bits per heavy atom. The molecule has 1 amide bonds. The number of nitrogens with one attached hydrogen (secondary N) is 1. The lowest BCUT2D eigenvalue weighted by Crippen LogP contribution is -2.15. The maximum atomic E-state index is 12.8. The molecule has 0 atom stereocenters. The quantitative estimate of drug-likeness (QED) is 0.473. The highest BCUT2D eigenvalue weighted by atomic mass is 16.5. The van der Waals surface area contributed by atoms with Crippen LogP contribution in [0.2, 0.25) is 0 Å². The number of aryl methyl sites for hydroxylation is 3. The van der Waals surface area contributed by atoms with E-state index in [4.69, 9.17) is 9.26 Å². The highest BCUT2D eigenvalue weighted by molar-refractivity contribution is 6.03. The Labute approximate surface area is 180 Å². The van der Waals surface area contributed by atoms with E-state index in [1.165, 1.54) is 0 Å². The van der Waals surface area contributed by atoms with Crippen molar-refractivity contribution in [2.24, 2.45) is 0 Å². The van der Waals surface area contributed by atoms with Crippen molar-refractivity contribution in [1.82, 2.24) is 14.9 Å². The predicted octanol–water partition coefficient (Wildman–Crippen LogP) is 4.68. The van der Waals surface area contributed by atoms with Crippen LogP contribution in [-0.2, 0) is 13.2 Å². The summed E-state index contributed by atoms with van der Waals surface area (Å²) in [6.07, 6.45) is 3.39. The third-order valence-electron chi connectivity index (χ3n) is 4.86. The van der Waals surface area contributed by atoms with Crippen molar-refractivity contribution >= 4 is 11.6 Å². The van der Waals surface area contributed by atoms with Crippen LogP contribution in [0.25, 0.3) is 0 Å². The van der Waals surface area contributed by atoms with E-state index in [0.29, 0.717) is 23.6 Å². The van der Waals surface area contributed by atoms with Crippen LogP contribution >= 0.6 is 0 Å². The largest absolute Gasteiger partial charge is 0.489 e. The van der Waals surface area contributed by atoms with Crippen molar-refractivity contribution < 1.29 is 14.1 Å². The van der Waals surface area contributed by atoms with E-state index < -0.39 is 0 Å². The fraction of sp³-hybridized carbons (Fsp3) is 0.208. The number of rotatable bonds is 7. The molecule has 2 aromatic heterocycles. The Morgan fingerprint density at radius 3 is 2.58 bits per heavy atom. The first-order chi connectivity index (χ1) is 15.0. The second-order valence-electron chi connectivity index (χ2n) is 7.54. The molecule has 4 rings (SSSR count). The predicted molar refractivity (Wildman–Crippen MR) is 117 cm³/mol. The molecule has 0 radical (unpaired) electrons. The van der Waals surface area contributed by atoms with Gasteiger partial charge in [0.2, 0.25) is 0 Å². The number of aromatic nitrogens is 3. The summed E-state index contributed by atoms with van der Waals surface area (Å²) < 4.78 is 12.9. The fourth-order valence-electron chi connectivity index (χ4n) is 3.39. The van der Waals surface area contributed by atoms with Gasteiger partial charge in [-0.15, -0.1) is 0 Å². The molecule has 4 aromatic rings. The molecule has 0 fully saturated rings. The molecule has 158 valence electrons. The molecule has 0 aliphatic rings. The highest BCUT2D eigenvalue weighted by Crippen LogP contribution is 2.21. The van der Waals surface area contributed by atoms with Crippen LogP contribution in [0.4, 0.5) is 5.69 Å². The minimum atomic E-state index is -0.366. The molecule has 2 heterocycles. The van der Waals surface area contributed by atoms with Crippen molar-refractivity contribution in [3.8, 4) is 5.75 Å².